The normalized spacial score (nSPS) is 11.9. The highest BCUT2D eigenvalue weighted by Gasteiger charge is 2.26. The van der Waals surface area contributed by atoms with Gasteiger partial charge in [0.05, 0.1) is 11.4 Å². The minimum atomic E-state index is -0.0903. The molecule has 2 rings (SSSR count). The monoisotopic (exact) mass is 278 g/mol. The molecule has 2 aromatic rings. The van der Waals surface area contributed by atoms with Gasteiger partial charge < -0.3 is 5.73 Å². The molecule has 4 nitrogen and oxygen atoms in total. The van der Waals surface area contributed by atoms with E-state index in [1.54, 1.807) is 0 Å². The first-order chi connectivity index (χ1) is 8.86. The number of benzene rings is 1. The zero-order valence-electron chi connectivity index (χ0n) is 11.7. The molecule has 102 valence electrons. The number of rotatable bonds is 2. The molecule has 0 radical (unpaired) electrons. The van der Waals surface area contributed by atoms with E-state index in [4.69, 9.17) is 17.3 Å². The average Bonchev–Trinajstić information content (AvgIpc) is 2.76. The van der Waals surface area contributed by atoms with Crippen LogP contribution in [0.15, 0.2) is 18.2 Å². The van der Waals surface area contributed by atoms with Crippen molar-refractivity contribution in [2.75, 3.05) is 0 Å². The lowest BCUT2D eigenvalue weighted by Crippen LogP contribution is -2.21. The third-order valence-corrected chi connectivity index (χ3v) is 3.52. The molecule has 0 fully saturated rings. The van der Waals surface area contributed by atoms with Gasteiger partial charge >= 0.3 is 0 Å². The summed E-state index contributed by atoms with van der Waals surface area (Å²) in [5.41, 5.74) is 9.47. The molecule has 0 aliphatic carbocycles. The molecule has 0 atom stereocenters. The Balaban J connectivity index is 2.70. The van der Waals surface area contributed by atoms with Crippen molar-refractivity contribution in [3.05, 3.63) is 40.2 Å². The van der Waals surface area contributed by atoms with Crippen molar-refractivity contribution in [2.45, 2.75) is 39.7 Å². The van der Waals surface area contributed by atoms with Gasteiger partial charge in [-0.05, 0) is 24.6 Å². The van der Waals surface area contributed by atoms with Crippen LogP contribution in [0.4, 0.5) is 0 Å². The number of aromatic nitrogens is 3. The summed E-state index contributed by atoms with van der Waals surface area (Å²) in [5, 5.41) is 9.17. The molecule has 0 unspecified atom stereocenters. The summed E-state index contributed by atoms with van der Waals surface area (Å²) >= 11 is 6.18. The van der Waals surface area contributed by atoms with Crippen molar-refractivity contribution in [2.24, 2.45) is 5.73 Å². The van der Waals surface area contributed by atoms with E-state index >= 15 is 0 Å². The zero-order valence-corrected chi connectivity index (χ0v) is 12.5. The summed E-state index contributed by atoms with van der Waals surface area (Å²) in [4.78, 5) is 0. The van der Waals surface area contributed by atoms with Crippen molar-refractivity contribution in [1.29, 1.82) is 0 Å². The first-order valence-electron chi connectivity index (χ1n) is 6.27. The molecule has 5 heteroatoms. The molecule has 0 amide bonds. The van der Waals surface area contributed by atoms with E-state index in [0.29, 0.717) is 6.54 Å². The molecule has 2 N–H and O–H groups in total. The second-order valence-corrected chi connectivity index (χ2v) is 6.04. The van der Waals surface area contributed by atoms with Gasteiger partial charge in [-0.15, -0.1) is 5.10 Å². The molecule has 0 bridgehead atoms. The Kier molecular flexibility index (Phi) is 3.65. The van der Waals surface area contributed by atoms with Crippen LogP contribution in [0.25, 0.3) is 5.69 Å². The van der Waals surface area contributed by atoms with Gasteiger partial charge in [-0.25, -0.2) is 4.68 Å². The minimum Gasteiger partial charge on any atom is -0.325 e. The Labute approximate surface area is 118 Å². The van der Waals surface area contributed by atoms with Crippen molar-refractivity contribution >= 4 is 11.6 Å². The van der Waals surface area contributed by atoms with Gasteiger partial charge in [0.1, 0.15) is 5.69 Å². The van der Waals surface area contributed by atoms with Crippen molar-refractivity contribution in [3.8, 4) is 5.69 Å². The largest absolute Gasteiger partial charge is 0.325 e. The fourth-order valence-corrected chi connectivity index (χ4v) is 2.36. The number of nitrogens with zero attached hydrogens (tertiary/aromatic N) is 3. The first-order valence-corrected chi connectivity index (χ1v) is 6.64. The van der Waals surface area contributed by atoms with Crippen LogP contribution in [-0.2, 0) is 12.0 Å². The highest BCUT2D eigenvalue weighted by atomic mass is 35.5. The van der Waals surface area contributed by atoms with E-state index in [9.17, 15) is 0 Å². The summed E-state index contributed by atoms with van der Waals surface area (Å²) in [5.74, 6) is 0. The standard InChI is InChI=1S/C14H19ClN4/c1-9-10(15)6-5-7-12(9)19-13(14(2,3)4)11(8-16)17-18-19/h5-7H,8,16H2,1-4H3. The van der Waals surface area contributed by atoms with Crippen LogP contribution in [0.3, 0.4) is 0 Å². The Bertz CT molecular complexity index is 596. The van der Waals surface area contributed by atoms with Gasteiger partial charge in [-0.2, -0.15) is 0 Å². The van der Waals surface area contributed by atoms with Crippen molar-refractivity contribution in [1.82, 2.24) is 15.0 Å². The average molecular weight is 279 g/mol. The second kappa shape index (κ2) is 4.94. The maximum absolute atomic E-state index is 6.18. The van der Waals surface area contributed by atoms with Crippen molar-refractivity contribution in [3.63, 3.8) is 0 Å². The fraction of sp³-hybridized carbons (Fsp3) is 0.429. The van der Waals surface area contributed by atoms with Crippen molar-refractivity contribution < 1.29 is 0 Å². The number of hydrogen-bond donors (Lipinski definition) is 1. The number of nitrogens with two attached hydrogens (primary N) is 1. The zero-order chi connectivity index (χ0) is 14.2. The highest BCUT2D eigenvalue weighted by Crippen LogP contribution is 2.29. The molecule has 0 saturated carbocycles. The Hall–Kier alpha value is -1.39. The molecule has 0 aliphatic rings. The molecule has 0 aliphatic heterocycles. The topological polar surface area (TPSA) is 56.7 Å². The Morgan fingerprint density at radius 1 is 1.32 bits per heavy atom. The van der Waals surface area contributed by atoms with Crippen LogP contribution in [0, 0.1) is 6.92 Å². The predicted molar refractivity (Wildman–Crippen MR) is 77.7 cm³/mol. The number of halogens is 1. The van der Waals surface area contributed by atoms with Gasteiger partial charge in [-0.1, -0.05) is 43.7 Å². The van der Waals surface area contributed by atoms with Crippen LogP contribution in [0.2, 0.25) is 5.02 Å². The SMILES string of the molecule is Cc1c(Cl)cccc1-n1nnc(CN)c1C(C)(C)C. The maximum atomic E-state index is 6.18. The van der Waals surface area contributed by atoms with E-state index in [1.165, 1.54) is 0 Å². The lowest BCUT2D eigenvalue weighted by atomic mass is 9.90. The lowest BCUT2D eigenvalue weighted by molar-refractivity contribution is 0.537. The Morgan fingerprint density at radius 3 is 2.58 bits per heavy atom. The van der Waals surface area contributed by atoms with Gasteiger partial charge in [0, 0.05) is 17.0 Å². The molecule has 0 saturated heterocycles. The van der Waals surface area contributed by atoms with Crippen LogP contribution in [0.1, 0.15) is 37.7 Å². The summed E-state index contributed by atoms with van der Waals surface area (Å²) in [6, 6.07) is 5.78. The molecule has 1 aromatic carbocycles. The molecular formula is C14H19ClN4. The highest BCUT2D eigenvalue weighted by molar-refractivity contribution is 6.31. The third kappa shape index (κ3) is 2.51. The predicted octanol–water partition coefficient (Wildman–Crippen LogP) is 2.99. The smallest absolute Gasteiger partial charge is 0.100 e. The van der Waals surface area contributed by atoms with E-state index < -0.39 is 0 Å². The Morgan fingerprint density at radius 2 is 2.00 bits per heavy atom. The summed E-state index contributed by atoms with van der Waals surface area (Å²) < 4.78 is 1.85. The van der Waals surface area contributed by atoms with Gasteiger partial charge in [0.25, 0.3) is 0 Å². The molecule has 1 heterocycles. The van der Waals surface area contributed by atoms with E-state index in [2.05, 4.69) is 31.1 Å². The molecule has 19 heavy (non-hydrogen) atoms. The van der Waals surface area contributed by atoms with Crippen LogP contribution < -0.4 is 5.73 Å². The van der Waals surface area contributed by atoms with Gasteiger partial charge in [0.2, 0.25) is 0 Å². The fourth-order valence-electron chi connectivity index (χ4n) is 2.20. The van der Waals surface area contributed by atoms with E-state index in [0.717, 1.165) is 27.7 Å². The van der Waals surface area contributed by atoms with Crippen LogP contribution >= 0.6 is 11.6 Å². The first kappa shape index (κ1) is 14.0. The third-order valence-electron chi connectivity index (χ3n) is 3.11. The lowest BCUT2D eigenvalue weighted by Gasteiger charge is -2.22. The summed E-state index contributed by atoms with van der Waals surface area (Å²) in [6.45, 7) is 8.74. The van der Waals surface area contributed by atoms with Crippen LogP contribution in [0.5, 0.6) is 0 Å². The van der Waals surface area contributed by atoms with E-state index in [1.807, 2.05) is 29.8 Å². The molecular weight excluding hydrogens is 260 g/mol. The van der Waals surface area contributed by atoms with Gasteiger partial charge in [-0.3, -0.25) is 0 Å². The maximum Gasteiger partial charge on any atom is 0.100 e. The number of hydrogen-bond acceptors (Lipinski definition) is 3. The summed E-state index contributed by atoms with van der Waals surface area (Å²) in [6.07, 6.45) is 0. The summed E-state index contributed by atoms with van der Waals surface area (Å²) in [7, 11) is 0. The minimum absolute atomic E-state index is 0.0903. The van der Waals surface area contributed by atoms with E-state index in [-0.39, 0.29) is 5.41 Å². The van der Waals surface area contributed by atoms with Crippen LogP contribution in [-0.4, -0.2) is 15.0 Å². The molecule has 1 aromatic heterocycles. The molecule has 0 spiro atoms. The second-order valence-electron chi connectivity index (χ2n) is 5.63. The van der Waals surface area contributed by atoms with Gasteiger partial charge in [0.15, 0.2) is 0 Å². The quantitative estimate of drug-likeness (QED) is 0.919.